The van der Waals surface area contributed by atoms with Crippen molar-refractivity contribution in [3.63, 3.8) is 0 Å². The summed E-state index contributed by atoms with van der Waals surface area (Å²) in [5, 5.41) is 0. The molecule has 0 unspecified atom stereocenters. The van der Waals surface area contributed by atoms with E-state index in [2.05, 4.69) is 4.74 Å². The van der Waals surface area contributed by atoms with Gasteiger partial charge in [0, 0.05) is 5.56 Å². The Hall–Kier alpha value is -1.58. The smallest absolute Gasteiger partial charge is 0.402 e. The summed E-state index contributed by atoms with van der Waals surface area (Å²) in [4.78, 5) is 11.0. The zero-order valence-electron chi connectivity index (χ0n) is 9.62. The number of alkyl halides is 1. The van der Waals surface area contributed by atoms with Crippen LogP contribution in [0.5, 0.6) is 5.75 Å². The first-order valence-corrected chi connectivity index (χ1v) is 4.95. The van der Waals surface area contributed by atoms with E-state index in [1.54, 1.807) is 12.1 Å². The van der Waals surface area contributed by atoms with Crippen LogP contribution in [0.4, 0.5) is 9.18 Å². The second kappa shape index (κ2) is 4.96. The minimum absolute atomic E-state index is 0.160. The second-order valence-corrected chi connectivity index (χ2v) is 4.35. The molecule has 0 fully saturated rings. The van der Waals surface area contributed by atoms with Crippen LogP contribution in [0.3, 0.4) is 0 Å². The number of hydrogen-bond acceptors (Lipinski definition) is 3. The van der Waals surface area contributed by atoms with Crippen molar-refractivity contribution in [2.45, 2.75) is 26.2 Å². The molecule has 0 radical (unpaired) electrons. The maximum absolute atomic E-state index is 11.8. The maximum Gasteiger partial charge on any atom is 0.516 e. The van der Waals surface area contributed by atoms with E-state index in [1.807, 2.05) is 32.9 Å². The molecular formula is C12H15FO3. The van der Waals surface area contributed by atoms with Crippen molar-refractivity contribution in [1.82, 2.24) is 0 Å². The molecule has 88 valence electrons. The van der Waals surface area contributed by atoms with Crippen LogP contribution in [0.25, 0.3) is 0 Å². The second-order valence-electron chi connectivity index (χ2n) is 4.35. The van der Waals surface area contributed by atoms with Gasteiger partial charge in [-0.05, 0) is 11.5 Å². The first-order chi connectivity index (χ1) is 7.45. The van der Waals surface area contributed by atoms with Gasteiger partial charge in [0.1, 0.15) is 5.75 Å². The molecule has 1 rings (SSSR count). The van der Waals surface area contributed by atoms with Crippen molar-refractivity contribution in [2.75, 3.05) is 6.86 Å². The monoisotopic (exact) mass is 226 g/mol. The minimum Gasteiger partial charge on any atom is -0.402 e. The van der Waals surface area contributed by atoms with Crippen molar-refractivity contribution in [3.8, 4) is 5.75 Å². The van der Waals surface area contributed by atoms with Crippen LogP contribution in [-0.2, 0) is 10.2 Å². The van der Waals surface area contributed by atoms with Gasteiger partial charge in [-0.2, -0.15) is 0 Å². The molecule has 1 aromatic rings. The minimum atomic E-state index is -1.18. The zero-order chi connectivity index (χ0) is 12.2. The molecule has 1 aromatic carbocycles. The number of hydrogen-bond donors (Lipinski definition) is 0. The molecule has 0 aliphatic carbocycles. The maximum atomic E-state index is 11.8. The molecule has 3 nitrogen and oxygen atoms in total. The Bertz CT molecular complexity index is 369. The summed E-state index contributed by atoms with van der Waals surface area (Å²) in [5.74, 6) is 0.397. The Morgan fingerprint density at radius 3 is 2.50 bits per heavy atom. The van der Waals surface area contributed by atoms with E-state index >= 15 is 0 Å². The lowest BCUT2D eigenvalue weighted by atomic mass is 9.86. The van der Waals surface area contributed by atoms with Crippen LogP contribution in [0.1, 0.15) is 26.3 Å². The summed E-state index contributed by atoms with van der Waals surface area (Å²) in [7, 11) is 0. The molecule has 16 heavy (non-hydrogen) atoms. The van der Waals surface area contributed by atoms with Crippen LogP contribution in [0, 0.1) is 0 Å². The van der Waals surface area contributed by atoms with E-state index in [0.717, 1.165) is 5.56 Å². The molecular weight excluding hydrogens is 211 g/mol. The molecule has 0 atom stereocenters. The van der Waals surface area contributed by atoms with E-state index in [9.17, 15) is 9.18 Å². The molecule has 0 saturated carbocycles. The lowest BCUT2D eigenvalue weighted by Crippen LogP contribution is -2.16. The third-order valence-corrected chi connectivity index (χ3v) is 2.06. The number of benzene rings is 1. The fraction of sp³-hybridized carbons (Fsp3) is 0.417. The Morgan fingerprint density at radius 2 is 1.94 bits per heavy atom. The standard InChI is InChI=1S/C12H15FO3/c1-12(2,3)9-6-4-5-7-10(9)16-11(14)15-8-13/h4-7H,8H2,1-3H3. The van der Waals surface area contributed by atoms with E-state index < -0.39 is 13.0 Å². The number of para-hydroxylation sites is 1. The highest BCUT2D eigenvalue weighted by atomic mass is 19.1. The highest BCUT2D eigenvalue weighted by Gasteiger charge is 2.20. The predicted molar refractivity (Wildman–Crippen MR) is 58.2 cm³/mol. The Balaban J connectivity index is 2.92. The molecule has 0 saturated heterocycles. The highest BCUT2D eigenvalue weighted by Crippen LogP contribution is 2.31. The average Bonchev–Trinajstić information content (AvgIpc) is 2.17. The molecule has 0 heterocycles. The Morgan fingerprint density at radius 1 is 1.31 bits per heavy atom. The Kier molecular flexibility index (Phi) is 3.88. The van der Waals surface area contributed by atoms with Gasteiger partial charge in [-0.1, -0.05) is 39.0 Å². The number of ether oxygens (including phenoxy) is 2. The van der Waals surface area contributed by atoms with Crippen LogP contribution < -0.4 is 4.74 Å². The van der Waals surface area contributed by atoms with Crippen LogP contribution in [0.2, 0.25) is 0 Å². The molecule has 4 heteroatoms. The average molecular weight is 226 g/mol. The van der Waals surface area contributed by atoms with Gasteiger partial charge < -0.3 is 9.47 Å². The van der Waals surface area contributed by atoms with Crippen molar-refractivity contribution in [3.05, 3.63) is 29.8 Å². The molecule has 0 spiro atoms. The summed E-state index contributed by atoms with van der Waals surface area (Å²) < 4.78 is 20.8. The summed E-state index contributed by atoms with van der Waals surface area (Å²) in [6.45, 7) is 4.80. The van der Waals surface area contributed by atoms with Crippen molar-refractivity contribution < 1.29 is 18.7 Å². The largest absolute Gasteiger partial charge is 0.516 e. The topological polar surface area (TPSA) is 35.5 Å². The molecule has 0 aliphatic heterocycles. The fourth-order valence-electron chi connectivity index (χ4n) is 1.34. The highest BCUT2D eigenvalue weighted by molar-refractivity contribution is 5.64. The van der Waals surface area contributed by atoms with E-state index in [0.29, 0.717) is 5.75 Å². The molecule has 0 amide bonds. The summed E-state index contributed by atoms with van der Waals surface area (Å²) in [6, 6.07) is 7.11. The van der Waals surface area contributed by atoms with Gasteiger partial charge in [0.05, 0.1) is 0 Å². The van der Waals surface area contributed by atoms with Crippen molar-refractivity contribution in [2.24, 2.45) is 0 Å². The summed E-state index contributed by atoms with van der Waals surface area (Å²) >= 11 is 0. The van der Waals surface area contributed by atoms with Crippen LogP contribution >= 0.6 is 0 Å². The van der Waals surface area contributed by atoms with Crippen molar-refractivity contribution >= 4 is 6.16 Å². The lowest BCUT2D eigenvalue weighted by Gasteiger charge is -2.21. The quantitative estimate of drug-likeness (QED) is 0.572. The van der Waals surface area contributed by atoms with E-state index in [1.165, 1.54) is 0 Å². The van der Waals surface area contributed by atoms with Crippen molar-refractivity contribution in [1.29, 1.82) is 0 Å². The third-order valence-electron chi connectivity index (χ3n) is 2.06. The SMILES string of the molecule is CC(C)(C)c1ccccc1OC(=O)OCF. The van der Waals surface area contributed by atoms with Gasteiger partial charge in [0.15, 0.2) is 0 Å². The van der Waals surface area contributed by atoms with Gasteiger partial charge in [0.25, 0.3) is 0 Å². The lowest BCUT2D eigenvalue weighted by molar-refractivity contribution is 0.0605. The van der Waals surface area contributed by atoms with Crippen LogP contribution in [-0.4, -0.2) is 13.0 Å². The van der Waals surface area contributed by atoms with Gasteiger partial charge in [-0.15, -0.1) is 0 Å². The third kappa shape index (κ3) is 3.22. The molecule has 0 N–H and O–H groups in total. The van der Waals surface area contributed by atoms with Gasteiger partial charge >= 0.3 is 6.16 Å². The predicted octanol–water partition coefficient (Wildman–Crippen LogP) is 3.43. The zero-order valence-corrected chi connectivity index (χ0v) is 9.62. The number of halogens is 1. The normalized spacial score (nSPS) is 11.0. The first kappa shape index (κ1) is 12.5. The van der Waals surface area contributed by atoms with E-state index in [4.69, 9.17) is 4.74 Å². The van der Waals surface area contributed by atoms with Gasteiger partial charge in [-0.3, -0.25) is 0 Å². The first-order valence-electron chi connectivity index (χ1n) is 4.95. The van der Waals surface area contributed by atoms with Crippen LogP contribution in [0.15, 0.2) is 24.3 Å². The number of carbonyl (C=O) groups is 1. The molecule has 0 aromatic heterocycles. The number of rotatable bonds is 2. The fourth-order valence-corrected chi connectivity index (χ4v) is 1.34. The summed E-state index contributed by atoms with van der Waals surface area (Å²) in [5.41, 5.74) is 0.706. The van der Waals surface area contributed by atoms with Gasteiger partial charge in [0.2, 0.25) is 6.86 Å². The van der Waals surface area contributed by atoms with Gasteiger partial charge in [-0.25, -0.2) is 9.18 Å². The number of carbonyl (C=O) groups excluding carboxylic acids is 1. The molecule has 0 aliphatic rings. The Labute approximate surface area is 94.2 Å². The molecule has 0 bridgehead atoms. The van der Waals surface area contributed by atoms with E-state index in [-0.39, 0.29) is 5.41 Å². The summed E-state index contributed by atoms with van der Waals surface area (Å²) in [6.07, 6.45) is -1.03.